The molecule has 2 aliphatic rings. The van der Waals surface area contributed by atoms with Crippen LogP contribution in [0.15, 0.2) is 91.0 Å². The van der Waals surface area contributed by atoms with Gasteiger partial charge in [0.2, 0.25) is 0 Å². The van der Waals surface area contributed by atoms with Crippen molar-refractivity contribution in [2.45, 2.75) is 109 Å². The van der Waals surface area contributed by atoms with Gasteiger partial charge in [-0.05, 0) is 16.7 Å². The van der Waals surface area contributed by atoms with Crippen molar-refractivity contribution in [2.75, 3.05) is 13.2 Å². The minimum absolute atomic E-state index is 0.000491. The first kappa shape index (κ1) is 42.4. The molecule has 0 radical (unpaired) electrons. The zero-order valence-electron chi connectivity index (χ0n) is 31.6. The second-order valence-corrected chi connectivity index (χ2v) is 13.3. The van der Waals surface area contributed by atoms with Crippen molar-refractivity contribution in [3.8, 4) is 0 Å². The number of hydrogen-bond acceptors (Lipinski definition) is 15. The first-order valence-corrected chi connectivity index (χ1v) is 18.2. The van der Waals surface area contributed by atoms with E-state index in [0.29, 0.717) is 0 Å². The number of carbonyl (C=O) groups is 4. The van der Waals surface area contributed by atoms with Gasteiger partial charge in [-0.1, -0.05) is 91.0 Å². The number of rotatable bonds is 17. The molecular formula is C41H48O15. The first-order chi connectivity index (χ1) is 27.0. The van der Waals surface area contributed by atoms with Gasteiger partial charge >= 0.3 is 23.9 Å². The van der Waals surface area contributed by atoms with Crippen molar-refractivity contribution < 1.29 is 71.7 Å². The summed E-state index contributed by atoms with van der Waals surface area (Å²) in [5.41, 5.74) is 2.63. The highest BCUT2D eigenvalue weighted by Gasteiger charge is 2.54. The van der Waals surface area contributed by atoms with Gasteiger partial charge in [-0.25, -0.2) is 0 Å². The molecule has 3 aromatic rings. The van der Waals surface area contributed by atoms with E-state index >= 15 is 0 Å². The Morgan fingerprint density at radius 2 is 0.911 bits per heavy atom. The maximum atomic E-state index is 12.7. The number of aliphatic hydroxyl groups excluding tert-OH is 1. The SMILES string of the molecule is CC(=O)O[C@@H]1[C@@H](OC(C)=O)[C@@H](O)O[C@H](CO[C@@H]2O[C@H](COCc3ccccc3)[C@H](OCc3ccccc3)[C@H](OCc3ccccc3)[C@H]2OC(C)=O)[C@H]1OC(C)=O. The van der Waals surface area contributed by atoms with Gasteiger partial charge in [0.1, 0.15) is 24.4 Å². The molecule has 2 fully saturated rings. The van der Waals surface area contributed by atoms with Crippen molar-refractivity contribution in [3.05, 3.63) is 108 Å². The maximum Gasteiger partial charge on any atom is 0.303 e. The number of carbonyl (C=O) groups excluding carboxylic acids is 4. The quantitative estimate of drug-likeness (QED) is 0.155. The lowest BCUT2D eigenvalue weighted by Crippen LogP contribution is -2.64. The summed E-state index contributed by atoms with van der Waals surface area (Å²) in [6.07, 6.45) is -12.9. The van der Waals surface area contributed by atoms with Crippen LogP contribution in [0.4, 0.5) is 0 Å². The summed E-state index contributed by atoms with van der Waals surface area (Å²) in [5.74, 6) is -3.06. The van der Waals surface area contributed by atoms with E-state index in [0.717, 1.165) is 37.5 Å². The first-order valence-electron chi connectivity index (χ1n) is 18.2. The van der Waals surface area contributed by atoms with Gasteiger partial charge in [-0.3, -0.25) is 19.2 Å². The van der Waals surface area contributed by atoms with Crippen molar-refractivity contribution in [1.29, 1.82) is 0 Å². The van der Waals surface area contributed by atoms with Gasteiger partial charge in [0.05, 0.1) is 33.0 Å². The third kappa shape index (κ3) is 12.4. The van der Waals surface area contributed by atoms with Crippen molar-refractivity contribution in [3.63, 3.8) is 0 Å². The summed E-state index contributed by atoms with van der Waals surface area (Å²) in [7, 11) is 0. The lowest BCUT2D eigenvalue weighted by atomic mass is 9.97. The van der Waals surface area contributed by atoms with Crippen LogP contribution in [0.2, 0.25) is 0 Å². The number of ether oxygens (including phenoxy) is 10. The molecule has 0 unspecified atom stereocenters. The lowest BCUT2D eigenvalue weighted by molar-refractivity contribution is -0.337. The average molecular weight is 781 g/mol. The summed E-state index contributed by atoms with van der Waals surface area (Å²) in [5, 5.41) is 10.9. The molecular weight excluding hydrogens is 732 g/mol. The molecule has 15 heteroatoms. The molecule has 0 spiro atoms. The minimum Gasteiger partial charge on any atom is -0.456 e. The van der Waals surface area contributed by atoms with E-state index in [4.69, 9.17) is 47.4 Å². The Labute approximate surface area is 325 Å². The molecule has 1 N–H and O–H groups in total. The molecule has 0 aliphatic carbocycles. The van der Waals surface area contributed by atoms with Crippen LogP contribution in [-0.4, -0.2) is 104 Å². The lowest BCUT2D eigenvalue weighted by Gasteiger charge is -2.46. The van der Waals surface area contributed by atoms with Crippen LogP contribution in [0, 0.1) is 0 Å². The molecule has 2 aliphatic heterocycles. The normalized spacial score (nSPS) is 27.4. The van der Waals surface area contributed by atoms with E-state index in [9.17, 15) is 24.3 Å². The van der Waals surface area contributed by atoms with Crippen molar-refractivity contribution in [2.24, 2.45) is 0 Å². The highest BCUT2D eigenvalue weighted by atomic mass is 16.7. The number of aliphatic hydroxyl groups is 1. The number of esters is 4. The molecule has 0 saturated carbocycles. The monoisotopic (exact) mass is 780 g/mol. The van der Waals surface area contributed by atoms with E-state index in [1.54, 1.807) is 0 Å². The third-order valence-corrected chi connectivity index (χ3v) is 8.80. The standard InChI is InChI=1S/C41H48O15/c1-25(42)51-35-33(55-40(46)38(53-27(3)44)37(35)52-26(2)43)24-50-41-39(54-28(4)45)36(49-22-31-18-12-7-13-19-31)34(48-21-30-16-10-6-11-17-30)32(56-41)23-47-20-29-14-8-5-9-15-29/h5-19,32-41,46H,20-24H2,1-4H3/t32-,33-,34+,35-,36+,37+,38-,39-,40+,41-/m1/s1. The second kappa shape index (κ2) is 21.0. The zero-order chi connectivity index (χ0) is 40.0. The van der Waals surface area contributed by atoms with Crippen molar-refractivity contribution >= 4 is 23.9 Å². The van der Waals surface area contributed by atoms with E-state index in [-0.39, 0.29) is 26.4 Å². The van der Waals surface area contributed by atoms with Crippen LogP contribution in [-0.2, 0) is 86.4 Å². The van der Waals surface area contributed by atoms with Crippen molar-refractivity contribution in [1.82, 2.24) is 0 Å². The van der Waals surface area contributed by atoms with Gasteiger partial charge in [0.25, 0.3) is 0 Å². The highest BCUT2D eigenvalue weighted by molar-refractivity contribution is 5.68. The van der Waals surface area contributed by atoms with E-state index in [1.165, 1.54) is 6.92 Å². The topological polar surface area (TPSA) is 181 Å². The summed E-state index contributed by atoms with van der Waals surface area (Å²) in [6.45, 7) is 4.60. The summed E-state index contributed by atoms with van der Waals surface area (Å²) < 4.78 is 59.8. The Hall–Kier alpha value is -4.74. The molecule has 0 bridgehead atoms. The van der Waals surface area contributed by atoms with Crippen LogP contribution in [0.3, 0.4) is 0 Å². The third-order valence-electron chi connectivity index (χ3n) is 8.80. The summed E-state index contributed by atoms with van der Waals surface area (Å²) in [6, 6.07) is 28.4. The maximum absolute atomic E-state index is 12.7. The van der Waals surface area contributed by atoms with Gasteiger partial charge < -0.3 is 52.5 Å². The minimum atomic E-state index is -1.82. The fourth-order valence-electron chi connectivity index (χ4n) is 6.45. The smallest absolute Gasteiger partial charge is 0.303 e. The molecule has 56 heavy (non-hydrogen) atoms. The molecule has 0 amide bonds. The second-order valence-electron chi connectivity index (χ2n) is 13.3. The molecule has 10 atom stereocenters. The fourth-order valence-corrected chi connectivity index (χ4v) is 6.45. The molecule has 3 aromatic carbocycles. The van der Waals surface area contributed by atoms with Crippen LogP contribution in [0.25, 0.3) is 0 Å². The fraction of sp³-hybridized carbons (Fsp3) is 0.463. The van der Waals surface area contributed by atoms with Crippen LogP contribution < -0.4 is 0 Å². The van der Waals surface area contributed by atoms with Crippen LogP contribution >= 0.6 is 0 Å². The highest BCUT2D eigenvalue weighted by Crippen LogP contribution is 2.33. The van der Waals surface area contributed by atoms with E-state index in [1.807, 2.05) is 91.0 Å². The molecule has 2 heterocycles. The van der Waals surface area contributed by atoms with Gasteiger partial charge in [-0.15, -0.1) is 0 Å². The number of hydrogen-bond donors (Lipinski definition) is 1. The summed E-state index contributed by atoms with van der Waals surface area (Å²) >= 11 is 0. The van der Waals surface area contributed by atoms with Gasteiger partial charge in [0.15, 0.2) is 37.0 Å². The molecule has 15 nitrogen and oxygen atoms in total. The molecule has 302 valence electrons. The molecule has 0 aromatic heterocycles. The largest absolute Gasteiger partial charge is 0.456 e. The predicted molar refractivity (Wildman–Crippen MR) is 194 cm³/mol. The Bertz CT molecular complexity index is 1690. The van der Waals surface area contributed by atoms with E-state index < -0.39 is 91.9 Å². The Morgan fingerprint density at radius 3 is 1.43 bits per heavy atom. The summed E-state index contributed by atoms with van der Waals surface area (Å²) in [4.78, 5) is 49.1. The average Bonchev–Trinajstić information content (AvgIpc) is 3.16. The van der Waals surface area contributed by atoms with Gasteiger partial charge in [0, 0.05) is 27.7 Å². The van der Waals surface area contributed by atoms with Gasteiger partial charge in [-0.2, -0.15) is 0 Å². The Balaban J connectivity index is 1.46. The van der Waals surface area contributed by atoms with Crippen LogP contribution in [0.1, 0.15) is 44.4 Å². The Morgan fingerprint density at radius 1 is 0.482 bits per heavy atom. The molecule has 5 rings (SSSR count). The molecule has 2 saturated heterocycles. The zero-order valence-corrected chi connectivity index (χ0v) is 31.6. The van der Waals surface area contributed by atoms with E-state index in [2.05, 4.69) is 0 Å². The predicted octanol–water partition coefficient (Wildman–Crippen LogP) is 3.56. The Kier molecular flexibility index (Phi) is 15.9. The number of benzene rings is 3. The van der Waals surface area contributed by atoms with Crippen LogP contribution in [0.5, 0.6) is 0 Å².